The van der Waals surface area contributed by atoms with Gasteiger partial charge in [0, 0.05) is 23.5 Å². The lowest BCUT2D eigenvalue weighted by Crippen LogP contribution is -2.25. The number of rotatable bonds is 9. The summed E-state index contributed by atoms with van der Waals surface area (Å²) < 4.78 is 29.6. The number of esters is 1. The van der Waals surface area contributed by atoms with Crippen LogP contribution in [0.1, 0.15) is 30.3 Å². The van der Waals surface area contributed by atoms with Crippen LogP contribution >= 0.6 is 11.8 Å². The smallest absolute Gasteiger partial charge is 0.306 e. The predicted octanol–water partition coefficient (Wildman–Crippen LogP) is 2.63. The highest BCUT2D eigenvalue weighted by molar-refractivity contribution is 7.99. The van der Waals surface area contributed by atoms with Crippen molar-refractivity contribution in [2.45, 2.75) is 44.5 Å². The zero-order valence-electron chi connectivity index (χ0n) is 14.5. The van der Waals surface area contributed by atoms with Crippen LogP contribution in [0, 0.1) is 36.5 Å². The van der Waals surface area contributed by atoms with Crippen molar-refractivity contribution in [2.24, 2.45) is 5.92 Å². The zero-order chi connectivity index (χ0) is 19.9. The van der Waals surface area contributed by atoms with E-state index in [2.05, 4.69) is 9.97 Å². The first-order chi connectivity index (χ1) is 12.1. The van der Waals surface area contributed by atoms with Gasteiger partial charge in [0.15, 0.2) is 17.5 Å². The molecule has 1 N–H and O–H groups in total. The van der Waals surface area contributed by atoms with Crippen molar-refractivity contribution < 1.29 is 23.1 Å². The summed E-state index contributed by atoms with van der Waals surface area (Å²) in [7, 11) is 0. The minimum Gasteiger partial charge on any atom is -0.458 e. The summed E-state index contributed by atoms with van der Waals surface area (Å²) in [5.74, 6) is -5.14. The van der Waals surface area contributed by atoms with Gasteiger partial charge in [-0.05, 0) is 44.5 Å². The molecule has 26 heavy (non-hydrogen) atoms. The number of alkyl halides is 2. The highest BCUT2D eigenvalue weighted by Gasteiger charge is 2.21. The van der Waals surface area contributed by atoms with Crippen molar-refractivity contribution in [1.29, 1.82) is 10.7 Å². The number of ether oxygens (including phenoxy) is 1. The third kappa shape index (κ3) is 6.48. The first kappa shape index (κ1) is 21.6. The van der Waals surface area contributed by atoms with Crippen molar-refractivity contribution in [2.75, 3.05) is 6.61 Å². The lowest BCUT2D eigenvalue weighted by Gasteiger charge is -2.11. The van der Waals surface area contributed by atoms with E-state index in [0.29, 0.717) is 17.0 Å². The number of nitrogens with one attached hydrogen (secondary N) is 1. The number of thioether (sulfide) groups is 1. The van der Waals surface area contributed by atoms with Crippen molar-refractivity contribution in [3.05, 3.63) is 17.0 Å². The van der Waals surface area contributed by atoms with Crippen LogP contribution in [0.3, 0.4) is 0 Å². The SMILES string of the molecule is CC(=N)[C@H](C#N)C(=O)COC(=O)CCc1c(C)nc(SC(F)F)nc1C. The molecule has 0 fully saturated rings. The van der Waals surface area contributed by atoms with E-state index in [1.54, 1.807) is 19.9 Å². The van der Waals surface area contributed by atoms with Gasteiger partial charge in [0.2, 0.25) is 0 Å². The number of nitriles is 1. The quantitative estimate of drug-likeness (QED) is 0.301. The van der Waals surface area contributed by atoms with E-state index in [1.165, 1.54) is 6.92 Å². The molecular weight excluding hydrogens is 366 g/mol. The van der Waals surface area contributed by atoms with Gasteiger partial charge in [0.1, 0.15) is 5.92 Å². The summed E-state index contributed by atoms with van der Waals surface area (Å²) >= 11 is 0.250. The molecule has 1 rings (SSSR count). The molecule has 0 aliphatic rings. The average Bonchev–Trinajstić information content (AvgIpc) is 2.51. The van der Waals surface area contributed by atoms with Gasteiger partial charge in [-0.3, -0.25) is 9.59 Å². The Labute approximate surface area is 153 Å². The second kappa shape index (κ2) is 9.91. The molecule has 0 bridgehead atoms. The van der Waals surface area contributed by atoms with Gasteiger partial charge in [-0.2, -0.15) is 14.0 Å². The number of hydrogen-bond donors (Lipinski definition) is 1. The molecule has 0 amide bonds. The molecule has 1 atom stereocenters. The summed E-state index contributed by atoms with van der Waals surface area (Å²) in [5.41, 5.74) is 1.53. The Kier molecular flexibility index (Phi) is 8.25. The van der Waals surface area contributed by atoms with Gasteiger partial charge in [-0.15, -0.1) is 0 Å². The monoisotopic (exact) mass is 384 g/mol. The molecule has 0 aliphatic carbocycles. The molecule has 1 aromatic heterocycles. The van der Waals surface area contributed by atoms with Crippen molar-refractivity contribution in [3.63, 3.8) is 0 Å². The zero-order valence-corrected chi connectivity index (χ0v) is 15.3. The number of halogens is 2. The molecule has 0 saturated heterocycles. The first-order valence-corrected chi connectivity index (χ1v) is 8.45. The lowest BCUT2D eigenvalue weighted by atomic mass is 10.0. The fourth-order valence-corrected chi connectivity index (χ4v) is 2.69. The number of carbonyl (C=O) groups is 2. The van der Waals surface area contributed by atoms with Gasteiger partial charge < -0.3 is 10.1 Å². The summed E-state index contributed by atoms with van der Waals surface area (Å²) in [6.07, 6.45) is 0.177. The Hall–Kier alpha value is -2.41. The van der Waals surface area contributed by atoms with Gasteiger partial charge in [-0.1, -0.05) is 0 Å². The van der Waals surface area contributed by atoms with E-state index in [4.69, 9.17) is 15.4 Å². The van der Waals surface area contributed by atoms with Crippen LogP contribution in [0.15, 0.2) is 5.16 Å². The van der Waals surface area contributed by atoms with Crippen molar-refractivity contribution in [3.8, 4) is 6.07 Å². The van der Waals surface area contributed by atoms with Gasteiger partial charge in [-0.25, -0.2) is 9.97 Å². The van der Waals surface area contributed by atoms with Crippen molar-refractivity contribution in [1.82, 2.24) is 9.97 Å². The van der Waals surface area contributed by atoms with E-state index in [-0.39, 0.29) is 35.5 Å². The highest BCUT2D eigenvalue weighted by Crippen LogP contribution is 2.24. The van der Waals surface area contributed by atoms with Crippen LogP contribution < -0.4 is 0 Å². The summed E-state index contributed by atoms with van der Waals surface area (Å²) in [5, 5.41) is 16.1. The molecule has 0 spiro atoms. The van der Waals surface area contributed by atoms with E-state index < -0.39 is 30.0 Å². The summed E-state index contributed by atoms with van der Waals surface area (Å²) in [4.78, 5) is 31.5. The van der Waals surface area contributed by atoms with Crippen LogP contribution in [-0.2, 0) is 20.7 Å². The lowest BCUT2D eigenvalue weighted by molar-refractivity contribution is -0.148. The third-order valence-electron chi connectivity index (χ3n) is 3.43. The normalized spacial score (nSPS) is 11.7. The first-order valence-electron chi connectivity index (χ1n) is 7.57. The van der Waals surface area contributed by atoms with Crippen molar-refractivity contribution >= 4 is 29.2 Å². The van der Waals surface area contributed by atoms with Crippen LogP contribution in [0.25, 0.3) is 0 Å². The van der Waals surface area contributed by atoms with E-state index in [0.717, 1.165) is 0 Å². The maximum absolute atomic E-state index is 12.4. The molecule has 0 unspecified atom stereocenters. The fourth-order valence-electron chi connectivity index (χ4n) is 2.15. The molecule has 0 saturated carbocycles. The fraction of sp³-hybridized carbons (Fsp3) is 0.500. The Bertz CT molecular complexity index is 726. The predicted molar refractivity (Wildman–Crippen MR) is 90.2 cm³/mol. The molecule has 1 heterocycles. The summed E-state index contributed by atoms with van der Waals surface area (Å²) in [6.45, 7) is 4.03. The minimum absolute atomic E-state index is 0.0310. The van der Waals surface area contributed by atoms with E-state index in [9.17, 15) is 18.4 Å². The van der Waals surface area contributed by atoms with E-state index >= 15 is 0 Å². The largest absolute Gasteiger partial charge is 0.458 e. The van der Waals surface area contributed by atoms with Gasteiger partial charge in [0.25, 0.3) is 5.76 Å². The highest BCUT2D eigenvalue weighted by atomic mass is 32.2. The van der Waals surface area contributed by atoms with Crippen LogP contribution in [0.2, 0.25) is 0 Å². The number of aromatic nitrogens is 2. The standard InChI is InChI=1S/C16H18F2N4O3S/c1-8(20)12(6-19)13(23)7-25-14(24)5-4-11-9(2)21-16(22-10(11)3)26-15(17)18/h12,15,20H,4-5,7H2,1-3H3/t12-/m0/s1. The molecule has 7 nitrogen and oxygen atoms in total. The Balaban J connectivity index is 2.61. The Morgan fingerprint density at radius 3 is 2.35 bits per heavy atom. The molecular formula is C16H18F2N4O3S. The second-order valence-electron chi connectivity index (χ2n) is 5.41. The maximum Gasteiger partial charge on any atom is 0.306 e. The minimum atomic E-state index is -2.62. The molecule has 10 heteroatoms. The van der Waals surface area contributed by atoms with Gasteiger partial charge in [0.05, 0.1) is 6.07 Å². The van der Waals surface area contributed by atoms with Crippen LogP contribution in [0.5, 0.6) is 0 Å². The number of hydrogen-bond acceptors (Lipinski definition) is 8. The maximum atomic E-state index is 12.4. The Morgan fingerprint density at radius 1 is 1.31 bits per heavy atom. The number of nitrogens with zero attached hydrogens (tertiary/aromatic N) is 3. The number of ketones is 1. The van der Waals surface area contributed by atoms with Crippen LogP contribution in [-0.4, -0.2) is 39.8 Å². The average molecular weight is 384 g/mol. The molecule has 0 aromatic carbocycles. The second-order valence-corrected chi connectivity index (χ2v) is 6.36. The molecule has 1 aromatic rings. The summed E-state index contributed by atoms with van der Waals surface area (Å²) in [6, 6.07) is 1.68. The molecule has 0 aliphatic heterocycles. The third-order valence-corrected chi connectivity index (χ3v) is 4.00. The molecule has 140 valence electrons. The van der Waals surface area contributed by atoms with Gasteiger partial charge >= 0.3 is 5.97 Å². The number of Topliss-reactive ketones (excluding diaryl/α,β-unsaturated/α-hetero) is 1. The topological polar surface area (TPSA) is 117 Å². The number of carbonyl (C=O) groups excluding carboxylic acids is 2. The van der Waals surface area contributed by atoms with Crippen LogP contribution in [0.4, 0.5) is 8.78 Å². The number of aryl methyl sites for hydroxylation is 2. The Morgan fingerprint density at radius 2 is 1.88 bits per heavy atom. The molecule has 0 radical (unpaired) electrons. The van der Waals surface area contributed by atoms with E-state index in [1.807, 2.05) is 0 Å².